The summed E-state index contributed by atoms with van der Waals surface area (Å²) in [6.07, 6.45) is 0. The quantitative estimate of drug-likeness (QED) is 0.682. The van der Waals surface area contributed by atoms with E-state index in [-0.39, 0.29) is 25.3 Å². The number of carbonyl (C=O) groups is 1. The van der Waals surface area contributed by atoms with Crippen molar-refractivity contribution in [1.82, 2.24) is 9.46 Å². The molecule has 0 saturated heterocycles. The van der Waals surface area contributed by atoms with Crippen molar-refractivity contribution in [3.8, 4) is 0 Å². The topological polar surface area (TPSA) is 89.7 Å². The summed E-state index contributed by atoms with van der Waals surface area (Å²) >= 11 is 0. The lowest BCUT2D eigenvalue weighted by atomic mass is 10.2. The van der Waals surface area contributed by atoms with Gasteiger partial charge in [-0.3, -0.25) is 0 Å². The van der Waals surface area contributed by atoms with Crippen molar-refractivity contribution < 1.29 is 26.9 Å². The fourth-order valence-corrected chi connectivity index (χ4v) is 4.01. The number of hydrogen-bond acceptors (Lipinski definition) is 6. The highest BCUT2D eigenvalue weighted by atomic mass is 32.2. The Balaban J connectivity index is 2.27. The highest BCUT2D eigenvalue weighted by Gasteiger charge is 2.26. The van der Waals surface area contributed by atoms with Crippen LogP contribution in [-0.2, 0) is 21.4 Å². The van der Waals surface area contributed by atoms with Crippen LogP contribution in [0.1, 0.15) is 41.2 Å². The molecule has 0 fully saturated rings. The van der Waals surface area contributed by atoms with E-state index in [9.17, 15) is 17.6 Å². The third-order valence-electron chi connectivity index (χ3n) is 4.02. The highest BCUT2D eigenvalue weighted by Crippen LogP contribution is 2.22. The normalized spacial score (nSPS) is 11.8. The molecule has 0 atom stereocenters. The second-order valence-electron chi connectivity index (χ2n) is 5.61. The van der Waals surface area contributed by atoms with Crippen LogP contribution in [0.2, 0.25) is 0 Å². The monoisotopic (exact) mass is 384 g/mol. The van der Waals surface area contributed by atoms with E-state index in [4.69, 9.17) is 9.26 Å². The number of nitrogens with zero attached hydrogens (tertiary/aromatic N) is 2. The molecule has 142 valence electrons. The number of benzene rings is 1. The molecule has 0 aliphatic heterocycles. The van der Waals surface area contributed by atoms with Gasteiger partial charge in [-0.1, -0.05) is 19.0 Å². The Morgan fingerprint density at radius 1 is 1.27 bits per heavy atom. The fourth-order valence-electron chi connectivity index (χ4n) is 2.46. The number of sulfonamides is 1. The minimum absolute atomic E-state index is 0.0520. The van der Waals surface area contributed by atoms with Crippen LogP contribution in [0.4, 0.5) is 4.39 Å². The lowest BCUT2D eigenvalue weighted by molar-refractivity contribution is 0.0470. The van der Waals surface area contributed by atoms with Gasteiger partial charge in [0, 0.05) is 13.1 Å². The van der Waals surface area contributed by atoms with Crippen molar-refractivity contribution in [1.29, 1.82) is 0 Å². The number of carbonyl (C=O) groups excluding carboxylic acids is 1. The third kappa shape index (κ3) is 3.94. The van der Waals surface area contributed by atoms with Crippen LogP contribution in [0.25, 0.3) is 0 Å². The molecule has 0 amide bonds. The predicted molar refractivity (Wildman–Crippen MR) is 91.6 cm³/mol. The minimum atomic E-state index is -4.03. The standard InChI is InChI=1S/C17H21FN2O5S/c1-5-20(6-2)26(22,23)16-9-13(7-8-15(16)18)17(21)24-10-14-11(3)19-25-12(14)4/h7-9H,5-6,10H2,1-4H3. The van der Waals surface area contributed by atoms with Crippen LogP contribution >= 0.6 is 0 Å². The Morgan fingerprint density at radius 2 is 1.92 bits per heavy atom. The molecule has 0 unspecified atom stereocenters. The second kappa shape index (κ2) is 7.96. The Labute approximate surface area is 151 Å². The van der Waals surface area contributed by atoms with Gasteiger partial charge < -0.3 is 9.26 Å². The van der Waals surface area contributed by atoms with Crippen molar-refractivity contribution >= 4 is 16.0 Å². The van der Waals surface area contributed by atoms with Crippen molar-refractivity contribution in [2.24, 2.45) is 0 Å². The van der Waals surface area contributed by atoms with Crippen molar-refractivity contribution in [3.63, 3.8) is 0 Å². The van der Waals surface area contributed by atoms with Crippen LogP contribution in [0, 0.1) is 19.7 Å². The Morgan fingerprint density at radius 3 is 2.46 bits per heavy atom. The molecule has 7 nitrogen and oxygen atoms in total. The van der Waals surface area contributed by atoms with E-state index in [0.717, 1.165) is 16.4 Å². The van der Waals surface area contributed by atoms with E-state index in [1.54, 1.807) is 27.7 Å². The van der Waals surface area contributed by atoms with Crippen LogP contribution < -0.4 is 0 Å². The van der Waals surface area contributed by atoms with Gasteiger partial charge in [0.25, 0.3) is 0 Å². The zero-order chi connectivity index (χ0) is 19.5. The largest absolute Gasteiger partial charge is 0.457 e. The van der Waals surface area contributed by atoms with Gasteiger partial charge in [0.15, 0.2) is 0 Å². The van der Waals surface area contributed by atoms with Gasteiger partial charge >= 0.3 is 5.97 Å². The average Bonchev–Trinajstić information content (AvgIpc) is 2.92. The molecule has 0 radical (unpaired) electrons. The average molecular weight is 384 g/mol. The molecule has 1 heterocycles. The molecule has 2 aromatic rings. The van der Waals surface area contributed by atoms with Gasteiger partial charge in [0.1, 0.15) is 23.1 Å². The summed E-state index contributed by atoms with van der Waals surface area (Å²) in [7, 11) is -4.03. The third-order valence-corrected chi connectivity index (χ3v) is 6.08. The molecule has 0 spiro atoms. The first-order valence-electron chi connectivity index (χ1n) is 8.10. The number of hydrogen-bond donors (Lipinski definition) is 0. The maximum Gasteiger partial charge on any atom is 0.338 e. The summed E-state index contributed by atoms with van der Waals surface area (Å²) < 4.78 is 50.5. The van der Waals surface area contributed by atoms with E-state index in [0.29, 0.717) is 17.0 Å². The summed E-state index contributed by atoms with van der Waals surface area (Å²) in [5.41, 5.74) is 1.18. The molecule has 2 rings (SSSR count). The van der Waals surface area contributed by atoms with Gasteiger partial charge in [-0.25, -0.2) is 17.6 Å². The van der Waals surface area contributed by atoms with Gasteiger partial charge in [-0.05, 0) is 32.0 Å². The molecule has 0 saturated carbocycles. The minimum Gasteiger partial charge on any atom is -0.457 e. The van der Waals surface area contributed by atoms with Gasteiger partial charge in [-0.15, -0.1) is 0 Å². The number of aromatic nitrogens is 1. The molecule has 9 heteroatoms. The van der Waals surface area contributed by atoms with Crippen LogP contribution in [0.5, 0.6) is 0 Å². The summed E-state index contributed by atoms with van der Waals surface area (Å²) in [5, 5.41) is 3.76. The molecule has 0 aliphatic rings. The first-order valence-corrected chi connectivity index (χ1v) is 9.54. The Bertz CT molecular complexity index is 884. The maximum atomic E-state index is 14.1. The number of rotatable bonds is 7. The Kier molecular flexibility index (Phi) is 6.14. The summed E-state index contributed by atoms with van der Waals surface area (Å²) in [4.78, 5) is 11.7. The molecular formula is C17H21FN2O5S. The van der Waals surface area contributed by atoms with Crippen molar-refractivity contribution in [2.45, 2.75) is 39.2 Å². The van der Waals surface area contributed by atoms with Crippen molar-refractivity contribution in [3.05, 3.63) is 46.6 Å². The summed E-state index contributed by atoms with van der Waals surface area (Å²) in [6.45, 7) is 7.02. The molecule has 1 aromatic carbocycles. The lowest BCUT2D eigenvalue weighted by Gasteiger charge is -2.19. The molecular weight excluding hydrogens is 363 g/mol. The SMILES string of the molecule is CCN(CC)S(=O)(=O)c1cc(C(=O)OCc2c(C)noc2C)ccc1F. The van der Waals surface area contributed by atoms with E-state index < -0.39 is 26.7 Å². The van der Waals surface area contributed by atoms with Crippen LogP contribution in [0.3, 0.4) is 0 Å². The van der Waals surface area contributed by atoms with Crippen LogP contribution in [0.15, 0.2) is 27.6 Å². The number of halogens is 1. The zero-order valence-electron chi connectivity index (χ0n) is 15.1. The van der Waals surface area contributed by atoms with Gasteiger partial charge in [-0.2, -0.15) is 4.31 Å². The van der Waals surface area contributed by atoms with Crippen LogP contribution in [-0.4, -0.2) is 36.9 Å². The highest BCUT2D eigenvalue weighted by molar-refractivity contribution is 7.89. The number of esters is 1. The second-order valence-corrected chi connectivity index (χ2v) is 7.52. The van der Waals surface area contributed by atoms with E-state index in [1.807, 2.05) is 0 Å². The van der Waals surface area contributed by atoms with Gasteiger partial charge in [0.05, 0.1) is 16.8 Å². The zero-order valence-corrected chi connectivity index (χ0v) is 15.9. The first-order chi connectivity index (χ1) is 12.2. The fraction of sp³-hybridized carbons (Fsp3) is 0.412. The predicted octanol–water partition coefficient (Wildman–Crippen LogP) is 2.82. The van der Waals surface area contributed by atoms with E-state index in [2.05, 4.69) is 5.16 Å². The lowest BCUT2D eigenvalue weighted by Crippen LogP contribution is -2.31. The molecule has 26 heavy (non-hydrogen) atoms. The number of ether oxygens (including phenoxy) is 1. The van der Waals surface area contributed by atoms with E-state index in [1.165, 1.54) is 6.07 Å². The summed E-state index contributed by atoms with van der Waals surface area (Å²) in [5.74, 6) is -1.15. The number of aryl methyl sites for hydroxylation is 2. The first kappa shape index (κ1) is 20.1. The molecule has 1 aromatic heterocycles. The van der Waals surface area contributed by atoms with Gasteiger partial charge in [0.2, 0.25) is 10.0 Å². The van der Waals surface area contributed by atoms with Crippen molar-refractivity contribution in [2.75, 3.05) is 13.1 Å². The summed E-state index contributed by atoms with van der Waals surface area (Å²) in [6, 6.07) is 3.13. The Hall–Kier alpha value is -2.26. The smallest absolute Gasteiger partial charge is 0.338 e. The molecule has 0 aliphatic carbocycles. The maximum absolute atomic E-state index is 14.1. The van der Waals surface area contributed by atoms with E-state index >= 15 is 0 Å². The molecule has 0 N–H and O–H groups in total. The molecule has 0 bridgehead atoms.